The molecule has 4 amide bonds. The normalized spacial score (nSPS) is 16.3. The molecule has 2 heterocycles. The highest BCUT2D eigenvalue weighted by atomic mass is 16.4. The summed E-state index contributed by atoms with van der Waals surface area (Å²) in [5.74, 6) is -1.19. The van der Waals surface area contributed by atoms with E-state index in [4.69, 9.17) is 0 Å². The Morgan fingerprint density at radius 3 is 2.41 bits per heavy atom. The number of nitrogens with one attached hydrogen (secondary N) is 3. The summed E-state index contributed by atoms with van der Waals surface area (Å²) >= 11 is 0. The van der Waals surface area contributed by atoms with E-state index in [0.29, 0.717) is 16.8 Å². The zero-order valence-electron chi connectivity index (χ0n) is 18.6. The lowest BCUT2D eigenvalue weighted by Gasteiger charge is -2.31. The fourth-order valence-electron chi connectivity index (χ4n) is 4.28. The van der Waals surface area contributed by atoms with Crippen LogP contribution < -0.4 is 10.6 Å². The number of hydrogen-bond donors (Lipinski definition) is 4. The second-order valence-corrected chi connectivity index (χ2v) is 8.45. The first-order valence-electron chi connectivity index (χ1n) is 10.9. The standard InChI is InChI=1S/C24H25N5O5/c1-24(26-23(33)34,13-18-16-9-5-6-10-17(16)27-28-18)22(32)25-14-19(15-7-3-2-4-8-15)29-20(30)11-12-21(29)31/h2-10,19,26H,11-14H2,1H3,(H,25,32)(H,27,28)(H,33,34)/t19?,24-/m1/s1. The third-order valence-electron chi connectivity index (χ3n) is 6.00. The number of carboxylic acid groups (broad SMARTS) is 1. The summed E-state index contributed by atoms with van der Waals surface area (Å²) in [5.41, 5.74) is 0.456. The summed E-state index contributed by atoms with van der Waals surface area (Å²) in [4.78, 5) is 50.9. The average molecular weight is 463 g/mol. The van der Waals surface area contributed by atoms with E-state index in [1.54, 1.807) is 24.3 Å². The molecule has 176 valence electrons. The van der Waals surface area contributed by atoms with Crippen molar-refractivity contribution in [2.75, 3.05) is 6.54 Å². The summed E-state index contributed by atoms with van der Waals surface area (Å²) in [5, 5.41) is 22.4. The molecule has 0 saturated carbocycles. The van der Waals surface area contributed by atoms with Crippen LogP contribution in [0.5, 0.6) is 0 Å². The third-order valence-corrected chi connectivity index (χ3v) is 6.00. The van der Waals surface area contributed by atoms with Gasteiger partial charge in [0.2, 0.25) is 17.7 Å². The molecule has 3 aromatic rings. The van der Waals surface area contributed by atoms with Crippen LogP contribution in [0.1, 0.15) is 37.1 Å². The Morgan fingerprint density at radius 1 is 1.09 bits per heavy atom. The maximum Gasteiger partial charge on any atom is 0.405 e. The number of carbonyl (C=O) groups is 4. The zero-order chi connectivity index (χ0) is 24.3. The minimum Gasteiger partial charge on any atom is -0.465 e. The van der Waals surface area contributed by atoms with Crippen LogP contribution in [-0.4, -0.2) is 56.1 Å². The smallest absolute Gasteiger partial charge is 0.405 e. The number of rotatable bonds is 8. The van der Waals surface area contributed by atoms with E-state index in [-0.39, 0.29) is 37.6 Å². The molecule has 1 aromatic heterocycles. The van der Waals surface area contributed by atoms with Gasteiger partial charge in [-0.2, -0.15) is 5.10 Å². The molecular weight excluding hydrogens is 438 g/mol. The highest BCUT2D eigenvalue weighted by Gasteiger charge is 2.39. The highest BCUT2D eigenvalue weighted by Crippen LogP contribution is 2.27. The molecule has 2 aromatic carbocycles. The number of carbonyl (C=O) groups excluding carboxylic acids is 3. The Kier molecular flexibility index (Phi) is 6.31. The van der Waals surface area contributed by atoms with E-state index in [9.17, 15) is 24.3 Å². The molecule has 10 nitrogen and oxygen atoms in total. The van der Waals surface area contributed by atoms with E-state index in [1.165, 1.54) is 11.8 Å². The summed E-state index contributed by atoms with van der Waals surface area (Å²) < 4.78 is 0. The van der Waals surface area contributed by atoms with Crippen molar-refractivity contribution in [2.45, 2.75) is 37.8 Å². The van der Waals surface area contributed by atoms with E-state index in [2.05, 4.69) is 20.8 Å². The number of aromatic nitrogens is 2. The predicted octanol–water partition coefficient (Wildman–Crippen LogP) is 2.14. The van der Waals surface area contributed by atoms with Crippen molar-refractivity contribution < 1.29 is 24.3 Å². The number of likely N-dealkylation sites (tertiary alicyclic amines) is 1. The molecule has 0 radical (unpaired) electrons. The first-order valence-corrected chi connectivity index (χ1v) is 10.9. The Balaban J connectivity index is 1.58. The van der Waals surface area contributed by atoms with Crippen LogP contribution in [0, 0.1) is 0 Å². The topological polar surface area (TPSA) is 144 Å². The van der Waals surface area contributed by atoms with Gasteiger partial charge in [-0.25, -0.2) is 4.79 Å². The van der Waals surface area contributed by atoms with Gasteiger partial charge in [-0.1, -0.05) is 48.5 Å². The predicted molar refractivity (Wildman–Crippen MR) is 123 cm³/mol. The number of nitrogens with zero attached hydrogens (tertiary/aromatic N) is 2. The van der Waals surface area contributed by atoms with E-state index in [1.807, 2.05) is 30.3 Å². The maximum atomic E-state index is 13.3. The van der Waals surface area contributed by atoms with Gasteiger partial charge in [-0.05, 0) is 18.6 Å². The van der Waals surface area contributed by atoms with Gasteiger partial charge in [-0.15, -0.1) is 0 Å². The van der Waals surface area contributed by atoms with Crippen molar-refractivity contribution in [1.29, 1.82) is 0 Å². The average Bonchev–Trinajstić information content (AvgIpc) is 3.37. The molecule has 1 saturated heterocycles. The molecule has 0 spiro atoms. The van der Waals surface area contributed by atoms with Crippen molar-refractivity contribution in [3.63, 3.8) is 0 Å². The lowest BCUT2D eigenvalue weighted by molar-refractivity contribution is -0.142. The molecule has 1 aliphatic heterocycles. The number of imide groups is 1. The zero-order valence-corrected chi connectivity index (χ0v) is 18.6. The first kappa shape index (κ1) is 23.0. The Morgan fingerprint density at radius 2 is 1.74 bits per heavy atom. The van der Waals surface area contributed by atoms with Crippen molar-refractivity contribution in [2.24, 2.45) is 0 Å². The molecule has 0 aliphatic carbocycles. The quantitative estimate of drug-likeness (QED) is 0.377. The SMILES string of the molecule is C[C@](Cc1[nH]nc2ccccc12)(NC(=O)O)C(=O)NCC(c1ccccc1)N1C(=O)CCC1=O. The summed E-state index contributed by atoms with van der Waals surface area (Å²) in [7, 11) is 0. The van der Waals surface area contributed by atoms with Gasteiger partial charge >= 0.3 is 6.09 Å². The van der Waals surface area contributed by atoms with Gasteiger partial charge in [-0.3, -0.25) is 24.4 Å². The van der Waals surface area contributed by atoms with Crippen LogP contribution in [0.25, 0.3) is 10.9 Å². The Labute approximate surface area is 195 Å². The Hall–Kier alpha value is -4.21. The van der Waals surface area contributed by atoms with Crippen LogP contribution in [0.2, 0.25) is 0 Å². The van der Waals surface area contributed by atoms with E-state index in [0.717, 1.165) is 5.39 Å². The lowest BCUT2D eigenvalue weighted by atomic mass is 9.93. The van der Waals surface area contributed by atoms with Crippen LogP contribution in [-0.2, 0) is 20.8 Å². The van der Waals surface area contributed by atoms with Gasteiger partial charge < -0.3 is 15.7 Å². The van der Waals surface area contributed by atoms with Crippen molar-refractivity contribution in [1.82, 2.24) is 25.7 Å². The van der Waals surface area contributed by atoms with Crippen molar-refractivity contribution >= 4 is 34.7 Å². The highest BCUT2D eigenvalue weighted by molar-refractivity contribution is 6.02. The molecule has 4 N–H and O–H groups in total. The number of fused-ring (bicyclic) bond motifs is 1. The largest absolute Gasteiger partial charge is 0.465 e. The first-order chi connectivity index (χ1) is 16.3. The number of H-pyrrole nitrogens is 1. The van der Waals surface area contributed by atoms with Gasteiger partial charge in [0.1, 0.15) is 5.54 Å². The molecule has 4 rings (SSSR count). The fraction of sp³-hybridized carbons (Fsp3) is 0.292. The number of amides is 4. The van der Waals surface area contributed by atoms with Gasteiger partial charge in [0.25, 0.3) is 0 Å². The molecule has 10 heteroatoms. The van der Waals surface area contributed by atoms with Gasteiger partial charge in [0, 0.05) is 36.9 Å². The second kappa shape index (κ2) is 9.34. The molecule has 1 aliphatic rings. The van der Waals surface area contributed by atoms with E-state index < -0.39 is 23.6 Å². The minimum atomic E-state index is -1.54. The summed E-state index contributed by atoms with van der Waals surface area (Å²) in [6.07, 6.45) is -1.09. The summed E-state index contributed by atoms with van der Waals surface area (Å²) in [6.45, 7) is 1.43. The minimum absolute atomic E-state index is 0.0171. The number of para-hydroxylation sites is 1. The molecule has 1 unspecified atom stereocenters. The Bertz CT molecular complexity index is 1220. The maximum absolute atomic E-state index is 13.3. The van der Waals surface area contributed by atoms with Crippen LogP contribution >= 0.6 is 0 Å². The fourth-order valence-corrected chi connectivity index (χ4v) is 4.28. The molecule has 34 heavy (non-hydrogen) atoms. The summed E-state index contributed by atoms with van der Waals surface area (Å²) in [6, 6.07) is 15.6. The van der Waals surface area contributed by atoms with Crippen molar-refractivity contribution in [3.05, 3.63) is 65.9 Å². The van der Waals surface area contributed by atoms with Gasteiger partial charge in [0.15, 0.2) is 0 Å². The monoisotopic (exact) mass is 463 g/mol. The molecule has 0 bridgehead atoms. The number of hydrogen-bond acceptors (Lipinski definition) is 5. The second-order valence-electron chi connectivity index (χ2n) is 8.45. The van der Waals surface area contributed by atoms with E-state index >= 15 is 0 Å². The third kappa shape index (κ3) is 4.61. The van der Waals surface area contributed by atoms with Crippen LogP contribution in [0.15, 0.2) is 54.6 Å². The van der Waals surface area contributed by atoms with Crippen LogP contribution in [0.4, 0.5) is 4.79 Å². The lowest BCUT2D eigenvalue weighted by Crippen LogP contribution is -2.59. The van der Waals surface area contributed by atoms with Crippen molar-refractivity contribution in [3.8, 4) is 0 Å². The molecule has 1 fully saturated rings. The number of benzene rings is 2. The van der Waals surface area contributed by atoms with Gasteiger partial charge in [0.05, 0.1) is 11.6 Å². The van der Waals surface area contributed by atoms with Crippen LogP contribution in [0.3, 0.4) is 0 Å². The molecular formula is C24H25N5O5. The molecule has 2 atom stereocenters. The number of aromatic amines is 1.